The monoisotopic (exact) mass is 240 g/mol. The van der Waals surface area contributed by atoms with E-state index in [1.165, 1.54) is 0 Å². The van der Waals surface area contributed by atoms with Crippen LogP contribution in [0, 0.1) is 5.92 Å². The first-order valence-electron chi connectivity index (χ1n) is 3.49. The number of aliphatic carboxylic acids is 1. The molecule has 0 rings (SSSR count). The van der Waals surface area contributed by atoms with Gasteiger partial charge in [-0.2, -0.15) is 26.3 Å². The minimum absolute atomic E-state index is 1.62. The van der Waals surface area contributed by atoms with Crippen molar-refractivity contribution in [1.29, 1.82) is 0 Å². The van der Waals surface area contributed by atoms with Gasteiger partial charge in [0.2, 0.25) is 0 Å². The van der Waals surface area contributed by atoms with Gasteiger partial charge in [-0.15, -0.1) is 0 Å². The van der Waals surface area contributed by atoms with Crippen molar-refractivity contribution in [1.82, 2.24) is 0 Å². The van der Waals surface area contributed by atoms with E-state index in [4.69, 9.17) is 10.2 Å². The van der Waals surface area contributed by atoms with Crippen LogP contribution in [0.25, 0.3) is 0 Å². The number of aliphatic hydroxyl groups is 1. The van der Waals surface area contributed by atoms with Gasteiger partial charge in [-0.25, -0.2) is 0 Å². The summed E-state index contributed by atoms with van der Waals surface area (Å²) in [6.45, 7) is 0. The van der Waals surface area contributed by atoms with Crippen molar-refractivity contribution < 1.29 is 41.4 Å². The Balaban J connectivity index is 4.88. The van der Waals surface area contributed by atoms with Gasteiger partial charge in [0.05, 0.1) is 12.5 Å². The number of carbonyl (C=O) groups is 1. The second-order valence-corrected chi connectivity index (χ2v) is 2.73. The van der Waals surface area contributed by atoms with Gasteiger partial charge in [0.25, 0.3) is 0 Å². The molecule has 1 atom stereocenters. The molecule has 3 nitrogen and oxygen atoms in total. The Morgan fingerprint density at radius 2 is 1.40 bits per heavy atom. The lowest BCUT2D eigenvalue weighted by atomic mass is 9.98. The Hall–Kier alpha value is -0.990. The molecule has 0 fully saturated rings. The number of hydrogen-bond acceptors (Lipinski definition) is 2. The van der Waals surface area contributed by atoms with Crippen LogP contribution >= 0.6 is 0 Å². The zero-order chi connectivity index (χ0) is 12.4. The van der Waals surface area contributed by atoms with Crippen molar-refractivity contribution in [2.75, 3.05) is 0 Å². The average Bonchev–Trinajstić information content (AvgIpc) is 1.74. The highest BCUT2D eigenvalue weighted by molar-refractivity contribution is 5.67. The zero-order valence-electron chi connectivity index (χ0n) is 6.93. The summed E-state index contributed by atoms with van der Waals surface area (Å²) in [7, 11) is 0. The minimum atomic E-state index is -5.73. The number of hydrogen-bond donors (Lipinski definition) is 2. The topological polar surface area (TPSA) is 57.5 Å². The predicted molar refractivity (Wildman–Crippen MR) is 33.9 cm³/mol. The molecular formula is C6H6F6O3. The van der Waals surface area contributed by atoms with Crippen LogP contribution in [-0.4, -0.2) is 34.6 Å². The lowest BCUT2D eigenvalue weighted by Gasteiger charge is -2.26. The molecule has 0 heterocycles. The summed E-state index contributed by atoms with van der Waals surface area (Å²) in [5.74, 6) is -5.98. The normalized spacial score (nSPS) is 15.5. The summed E-state index contributed by atoms with van der Waals surface area (Å²) in [6, 6.07) is 0. The second kappa shape index (κ2) is 4.25. The summed E-state index contributed by atoms with van der Waals surface area (Å²) in [5, 5.41) is 16.5. The maximum atomic E-state index is 11.8. The predicted octanol–water partition coefficient (Wildman–Crippen LogP) is 1.56. The summed E-state index contributed by atoms with van der Waals surface area (Å²) < 4.78 is 71.1. The third-order valence-corrected chi connectivity index (χ3v) is 1.47. The largest absolute Gasteiger partial charge is 0.481 e. The molecule has 0 aliphatic heterocycles. The maximum Gasteiger partial charge on any atom is 0.403 e. The number of alkyl halides is 6. The highest BCUT2D eigenvalue weighted by Gasteiger charge is 2.60. The fraction of sp³-hybridized carbons (Fsp3) is 0.833. The van der Waals surface area contributed by atoms with Gasteiger partial charge >= 0.3 is 18.3 Å². The van der Waals surface area contributed by atoms with Crippen molar-refractivity contribution in [2.24, 2.45) is 5.92 Å². The highest BCUT2D eigenvalue weighted by Crippen LogP contribution is 2.41. The smallest absolute Gasteiger partial charge is 0.403 e. The number of aliphatic hydroxyl groups excluding tert-OH is 1. The quantitative estimate of drug-likeness (QED) is 0.736. The molecular weight excluding hydrogens is 234 g/mol. The van der Waals surface area contributed by atoms with E-state index in [1.54, 1.807) is 0 Å². The molecule has 0 aromatic rings. The first-order chi connectivity index (χ1) is 6.46. The molecule has 0 radical (unpaired) electrons. The van der Waals surface area contributed by atoms with Crippen molar-refractivity contribution in [3.05, 3.63) is 0 Å². The maximum absolute atomic E-state index is 11.8. The van der Waals surface area contributed by atoms with E-state index in [2.05, 4.69) is 0 Å². The third kappa shape index (κ3) is 4.36. The van der Waals surface area contributed by atoms with Crippen molar-refractivity contribution in [3.8, 4) is 0 Å². The van der Waals surface area contributed by atoms with Crippen molar-refractivity contribution >= 4 is 5.97 Å². The Morgan fingerprint density at radius 1 is 1.07 bits per heavy atom. The third-order valence-electron chi connectivity index (χ3n) is 1.47. The molecule has 0 bridgehead atoms. The molecule has 2 N–H and O–H groups in total. The van der Waals surface area contributed by atoms with Crippen molar-refractivity contribution in [2.45, 2.75) is 24.9 Å². The Labute approximate surface area is 79.3 Å². The van der Waals surface area contributed by atoms with Crippen LogP contribution < -0.4 is 0 Å². The van der Waals surface area contributed by atoms with Gasteiger partial charge in [-0.3, -0.25) is 4.79 Å². The van der Waals surface area contributed by atoms with E-state index in [0.717, 1.165) is 0 Å². The SMILES string of the molecule is O=C(O)C[C@@H](O)C(C(F)(F)F)C(F)(F)F. The molecule has 0 aromatic heterocycles. The lowest BCUT2D eigenvalue weighted by Crippen LogP contribution is -2.45. The zero-order valence-corrected chi connectivity index (χ0v) is 6.93. The van der Waals surface area contributed by atoms with Crippen LogP contribution in [0.5, 0.6) is 0 Å². The highest BCUT2D eigenvalue weighted by atomic mass is 19.4. The standard InChI is InChI=1S/C6H6F6O3/c7-5(8,9)4(6(10,11)12)2(13)1-3(14)15/h2,4,13H,1H2,(H,14,15)/t2-/m1/s1. The van der Waals surface area contributed by atoms with Gasteiger partial charge in [0.1, 0.15) is 0 Å². The molecule has 9 heteroatoms. The first-order valence-corrected chi connectivity index (χ1v) is 3.49. The molecule has 0 aliphatic carbocycles. The van der Waals surface area contributed by atoms with E-state index in [-0.39, 0.29) is 0 Å². The average molecular weight is 240 g/mol. The van der Waals surface area contributed by atoms with E-state index >= 15 is 0 Å². The van der Waals surface area contributed by atoms with Crippen LogP contribution in [0.1, 0.15) is 6.42 Å². The number of carboxylic acid groups (broad SMARTS) is 1. The number of carboxylic acids is 1. The van der Waals surface area contributed by atoms with Gasteiger partial charge in [-0.05, 0) is 0 Å². The van der Waals surface area contributed by atoms with Gasteiger partial charge in [-0.1, -0.05) is 0 Å². The fourth-order valence-corrected chi connectivity index (χ4v) is 0.919. The van der Waals surface area contributed by atoms with Gasteiger partial charge in [0, 0.05) is 0 Å². The molecule has 0 aromatic carbocycles. The number of rotatable bonds is 3. The molecule has 0 unspecified atom stereocenters. The minimum Gasteiger partial charge on any atom is -0.481 e. The molecule has 0 aliphatic rings. The molecule has 15 heavy (non-hydrogen) atoms. The van der Waals surface area contributed by atoms with Crippen molar-refractivity contribution in [3.63, 3.8) is 0 Å². The van der Waals surface area contributed by atoms with E-state index < -0.39 is 36.8 Å². The molecule has 0 saturated heterocycles. The van der Waals surface area contributed by atoms with Crippen LogP contribution in [0.3, 0.4) is 0 Å². The molecule has 0 spiro atoms. The summed E-state index contributed by atoms with van der Waals surface area (Å²) in [6.07, 6.45) is -16.1. The molecule has 0 amide bonds. The second-order valence-electron chi connectivity index (χ2n) is 2.73. The van der Waals surface area contributed by atoms with Crippen LogP contribution in [0.15, 0.2) is 0 Å². The Kier molecular flexibility index (Phi) is 3.97. The van der Waals surface area contributed by atoms with Crippen LogP contribution in [0.4, 0.5) is 26.3 Å². The van der Waals surface area contributed by atoms with E-state index in [9.17, 15) is 31.1 Å². The van der Waals surface area contributed by atoms with Crippen LogP contribution in [0.2, 0.25) is 0 Å². The summed E-state index contributed by atoms with van der Waals surface area (Å²) in [4.78, 5) is 9.87. The molecule has 90 valence electrons. The first kappa shape index (κ1) is 14.0. The van der Waals surface area contributed by atoms with E-state index in [0.29, 0.717) is 0 Å². The Bertz CT molecular complexity index is 218. The van der Waals surface area contributed by atoms with Gasteiger partial charge < -0.3 is 10.2 Å². The van der Waals surface area contributed by atoms with Crippen LogP contribution in [-0.2, 0) is 4.79 Å². The number of halogens is 6. The van der Waals surface area contributed by atoms with Gasteiger partial charge in [0.15, 0.2) is 5.92 Å². The van der Waals surface area contributed by atoms with E-state index in [1.807, 2.05) is 0 Å². The summed E-state index contributed by atoms with van der Waals surface area (Å²) in [5.41, 5.74) is 0. The fourth-order valence-electron chi connectivity index (χ4n) is 0.919. The lowest BCUT2D eigenvalue weighted by molar-refractivity contribution is -0.306. The summed E-state index contributed by atoms with van der Waals surface area (Å²) >= 11 is 0. The molecule has 0 saturated carbocycles. The Morgan fingerprint density at radius 3 is 1.60 bits per heavy atom.